The van der Waals surface area contributed by atoms with Gasteiger partial charge in [0.1, 0.15) is 10.8 Å². The van der Waals surface area contributed by atoms with Crippen LogP contribution in [0.15, 0.2) is 46.0 Å². The molecule has 3 nitrogen and oxygen atoms in total. The van der Waals surface area contributed by atoms with Gasteiger partial charge in [-0.05, 0) is 17.9 Å². The molecule has 2 aromatic heterocycles. The number of benzene rings is 1. The quantitative estimate of drug-likeness (QED) is 0.375. The van der Waals surface area contributed by atoms with Crippen molar-refractivity contribution in [3.05, 3.63) is 57.9 Å². The van der Waals surface area contributed by atoms with Crippen LogP contribution in [0.2, 0.25) is 0 Å². The van der Waals surface area contributed by atoms with E-state index in [9.17, 15) is 0 Å². The van der Waals surface area contributed by atoms with Crippen LogP contribution < -0.4 is 5.73 Å². The molecule has 23 heavy (non-hydrogen) atoms. The number of nitrogens with one attached hydrogen (secondary N) is 1. The van der Waals surface area contributed by atoms with Gasteiger partial charge in [0.15, 0.2) is 0 Å². The second-order valence-electron chi connectivity index (χ2n) is 4.74. The van der Waals surface area contributed by atoms with Gasteiger partial charge in [0.2, 0.25) is 0 Å². The summed E-state index contributed by atoms with van der Waals surface area (Å²) in [6.07, 6.45) is 2.88. The zero-order valence-corrected chi connectivity index (χ0v) is 15.7. The molecule has 0 bridgehead atoms. The summed E-state index contributed by atoms with van der Waals surface area (Å²) in [5, 5.41) is 10.7. The van der Waals surface area contributed by atoms with E-state index < -0.39 is 0 Å². The molecule has 0 fully saturated rings. The van der Waals surface area contributed by atoms with Crippen LogP contribution in [-0.2, 0) is 6.42 Å². The molecule has 0 saturated heterocycles. The van der Waals surface area contributed by atoms with Crippen LogP contribution in [0.4, 0.5) is 0 Å². The predicted octanol–water partition coefficient (Wildman–Crippen LogP) is 4.89. The number of halogens is 1. The fourth-order valence-corrected chi connectivity index (χ4v) is 4.83. The van der Waals surface area contributed by atoms with Gasteiger partial charge in [0.25, 0.3) is 0 Å². The van der Waals surface area contributed by atoms with E-state index >= 15 is 0 Å². The molecule has 120 valence electrons. The van der Waals surface area contributed by atoms with Gasteiger partial charge in [-0.15, -0.1) is 46.8 Å². The monoisotopic (exact) mass is 381 g/mol. The van der Waals surface area contributed by atoms with E-state index in [1.807, 2.05) is 30.5 Å². The van der Waals surface area contributed by atoms with Crippen molar-refractivity contribution in [2.75, 3.05) is 6.26 Å². The van der Waals surface area contributed by atoms with Gasteiger partial charge >= 0.3 is 0 Å². The first-order valence-electron chi connectivity index (χ1n) is 6.68. The van der Waals surface area contributed by atoms with Crippen molar-refractivity contribution in [3.63, 3.8) is 0 Å². The molecule has 0 spiro atoms. The summed E-state index contributed by atoms with van der Waals surface area (Å²) in [7, 11) is 0. The molecule has 0 amide bonds. The highest BCUT2D eigenvalue weighted by Crippen LogP contribution is 2.39. The number of hydrogen-bond donors (Lipinski definition) is 2. The number of amidine groups is 1. The maximum atomic E-state index is 7.60. The lowest BCUT2D eigenvalue weighted by Gasteiger charge is -1.97. The molecular formula is C16H16ClN3S3. The molecule has 0 aliphatic heterocycles. The minimum Gasteiger partial charge on any atom is -0.383 e. The third-order valence-electron chi connectivity index (χ3n) is 3.16. The minimum absolute atomic E-state index is 0. The average Bonchev–Trinajstić information content (AvgIpc) is 3.14. The Hall–Kier alpha value is -1.34. The molecule has 0 radical (unpaired) electrons. The molecular weight excluding hydrogens is 366 g/mol. The highest BCUT2D eigenvalue weighted by atomic mass is 35.5. The van der Waals surface area contributed by atoms with Crippen molar-refractivity contribution in [1.82, 2.24) is 4.98 Å². The number of nitrogen functional groups attached to an aromatic ring is 1. The van der Waals surface area contributed by atoms with E-state index in [4.69, 9.17) is 16.1 Å². The van der Waals surface area contributed by atoms with E-state index in [-0.39, 0.29) is 18.2 Å². The first-order chi connectivity index (χ1) is 10.7. The molecule has 7 heteroatoms. The van der Waals surface area contributed by atoms with E-state index in [0.717, 1.165) is 31.8 Å². The normalized spacial score (nSPS) is 10.3. The van der Waals surface area contributed by atoms with E-state index in [2.05, 4.69) is 17.5 Å². The molecule has 0 aliphatic carbocycles. The summed E-state index contributed by atoms with van der Waals surface area (Å²) in [4.78, 5) is 5.56. The molecule has 0 unspecified atom stereocenters. The molecule has 3 aromatic rings. The Labute approximate surface area is 153 Å². The molecule has 3 N–H and O–H groups in total. The van der Waals surface area contributed by atoms with Crippen molar-refractivity contribution in [1.29, 1.82) is 5.41 Å². The van der Waals surface area contributed by atoms with Crippen LogP contribution in [-0.4, -0.2) is 17.1 Å². The number of rotatable bonds is 5. The molecule has 0 aliphatic rings. The second-order valence-corrected chi connectivity index (χ2v) is 7.72. The average molecular weight is 382 g/mol. The van der Waals surface area contributed by atoms with Crippen molar-refractivity contribution < 1.29 is 0 Å². The summed E-state index contributed by atoms with van der Waals surface area (Å²) in [6.45, 7) is 0. The van der Waals surface area contributed by atoms with Gasteiger partial charge in [0.05, 0.1) is 14.8 Å². The summed E-state index contributed by atoms with van der Waals surface area (Å²) in [5.74, 6) is 0.118. The molecule has 0 atom stereocenters. The molecule has 0 saturated carbocycles. The molecule has 2 heterocycles. The number of hydrogen-bond acceptors (Lipinski definition) is 5. The maximum Gasteiger partial charge on any atom is 0.133 e. The van der Waals surface area contributed by atoms with Crippen LogP contribution >= 0.6 is 46.8 Å². The Morgan fingerprint density at radius 2 is 2.04 bits per heavy atom. The molecule has 1 aromatic carbocycles. The van der Waals surface area contributed by atoms with Crippen LogP contribution in [0, 0.1) is 5.41 Å². The number of aromatic nitrogens is 1. The Morgan fingerprint density at radius 3 is 2.70 bits per heavy atom. The van der Waals surface area contributed by atoms with Gasteiger partial charge in [0, 0.05) is 17.4 Å². The number of thiazole rings is 1. The number of thiophene rings is 1. The van der Waals surface area contributed by atoms with E-state index in [0.29, 0.717) is 0 Å². The number of nitrogens with two attached hydrogens (primary N) is 1. The Balaban J connectivity index is 0.00000192. The lowest BCUT2D eigenvalue weighted by Crippen LogP contribution is -2.08. The maximum absolute atomic E-state index is 7.60. The Kier molecular flexibility index (Phi) is 6.24. The lowest BCUT2D eigenvalue weighted by molar-refractivity contribution is 1.11. The molecule has 3 rings (SSSR count). The first-order valence-corrected chi connectivity index (χ1v) is 9.60. The predicted molar refractivity (Wildman–Crippen MR) is 105 cm³/mol. The summed E-state index contributed by atoms with van der Waals surface area (Å²) >= 11 is 4.88. The van der Waals surface area contributed by atoms with E-state index in [1.165, 1.54) is 5.56 Å². The van der Waals surface area contributed by atoms with Crippen molar-refractivity contribution >= 4 is 52.7 Å². The number of thioether (sulfide) groups is 1. The van der Waals surface area contributed by atoms with E-state index in [1.54, 1.807) is 34.4 Å². The van der Waals surface area contributed by atoms with Crippen LogP contribution in [0.5, 0.6) is 0 Å². The van der Waals surface area contributed by atoms with Crippen molar-refractivity contribution in [2.24, 2.45) is 5.73 Å². The van der Waals surface area contributed by atoms with Gasteiger partial charge < -0.3 is 5.73 Å². The van der Waals surface area contributed by atoms with Gasteiger partial charge in [-0.3, -0.25) is 5.41 Å². The van der Waals surface area contributed by atoms with Gasteiger partial charge in [-0.25, -0.2) is 4.98 Å². The summed E-state index contributed by atoms with van der Waals surface area (Å²) in [6, 6.07) is 12.3. The third-order valence-corrected chi connectivity index (χ3v) is 6.39. The SMILES string of the molecule is CSc1sc(C(=N)N)cc1-c1nc(Cc2ccccc2)cs1.Cl. The van der Waals surface area contributed by atoms with Crippen LogP contribution in [0.1, 0.15) is 16.1 Å². The highest BCUT2D eigenvalue weighted by Gasteiger charge is 2.15. The summed E-state index contributed by atoms with van der Waals surface area (Å²) in [5.41, 5.74) is 9.03. The topological polar surface area (TPSA) is 62.8 Å². The zero-order chi connectivity index (χ0) is 15.5. The van der Waals surface area contributed by atoms with Gasteiger partial charge in [-0.1, -0.05) is 30.3 Å². The van der Waals surface area contributed by atoms with Gasteiger partial charge in [-0.2, -0.15) is 0 Å². The summed E-state index contributed by atoms with van der Waals surface area (Å²) < 4.78 is 1.16. The second kappa shape index (κ2) is 7.97. The standard InChI is InChI=1S/C16H15N3S3.ClH/c1-20-16-12(8-13(22-16)14(17)18)15-19-11(9-21-15)7-10-5-3-2-4-6-10;/h2-6,8-9H,7H2,1H3,(H3,17,18);1H. The third kappa shape index (κ3) is 4.14. The fraction of sp³-hybridized carbons (Fsp3) is 0.125. The minimum atomic E-state index is 0. The fourth-order valence-electron chi connectivity index (χ4n) is 2.12. The Morgan fingerprint density at radius 1 is 1.30 bits per heavy atom. The lowest BCUT2D eigenvalue weighted by atomic mass is 10.1. The van der Waals surface area contributed by atoms with Crippen molar-refractivity contribution in [2.45, 2.75) is 10.6 Å². The highest BCUT2D eigenvalue weighted by molar-refractivity contribution is 8.00. The first kappa shape index (κ1) is 18.0. The largest absolute Gasteiger partial charge is 0.383 e. The van der Waals surface area contributed by atoms with Crippen LogP contribution in [0.3, 0.4) is 0 Å². The smallest absolute Gasteiger partial charge is 0.133 e. The zero-order valence-electron chi connectivity index (χ0n) is 12.4. The Bertz CT molecular complexity index is 796. The van der Waals surface area contributed by atoms with Crippen LogP contribution in [0.25, 0.3) is 10.6 Å². The number of nitrogens with zero attached hydrogens (tertiary/aromatic N) is 1. The van der Waals surface area contributed by atoms with Crippen molar-refractivity contribution in [3.8, 4) is 10.6 Å².